The minimum atomic E-state index is -0.451. The molecule has 2 heteroatoms. The van der Waals surface area contributed by atoms with Gasteiger partial charge in [0.1, 0.15) is 0 Å². The van der Waals surface area contributed by atoms with Crippen molar-refractivity contribution < 1.29 is 0 Å². The summed E-state index contributed by atoms with van der Waals surface area (Å²) in [5.74, 6) is 0. The molecule has 0 heterocycles. The topological polar surface area (TPSA) is 0 Å². The molecule has 28 valence electrons. The summed E-state index contributed by atoms with van der Waals surface area (Å²) in [4.78, 5) is 4.48. The van der Waals surface area contributed by atoms with Crippen LogP contribution in [-0.4, -0.2) is 9.86 Å². The van der Waals surface area contributed by atoms with Crippen molar-refractivity contribution in [3.8, 4) is 0 Å². The maximum absolute atomic E-state index is 3.43. The molecule has 0 aliphatic carbocycles. The van der Waals surface area contributed by atoms with Crippen LogP contribution in [0.4, 0.5) is 0 Å². The Kier molecular flexibility index (Phi) is 3.19. The Morgan fingerprint density at radius 1 is 1.50 bits per heavy atom. The Bertz CT molecular complexity index is 10.8. The normalized spacial score (nSPS) is 11.2. The molecule has 0 spiro atoms. The van der Waals surface area contributed by atoms with Crippen LogP contribution in [0, 0.1) is 0 Å². The van der Waals surface area contributed by atoms with Crippen LogP contribution in [0.2, 0.25) is 0 Å². The number of hydrogen-bond donors (Lipinski definition) is 0. The average molecular weight is 237 g/mol. The number of halogens is 2. The van der Waals surface area contributed by atoms with Crippen LogP contribution in [0.15, 0.2) is 0 Å². The van der Waals surface area contributed by atoms with Crippen LogP contribution in [0.25, 0.3) is 0 Å². The van der Waals surface area contributed by atoms with Gasteiger partial charge in [0, 0.05) is 0 Å². The Hall–Kier alpha value is 1.21. The zero-order chi connectivity index (χ0) is 3.58. The fraction of sp³-hybridized carbons (Fsp3) is 1.00. The number of alkyl halides is 2. The van der Waals surface area contributed by atoms with Crippen molar-refractivity contribution in [3.05, 3.63) is 0 Å². The first-order valence-electron chi connectivity index (χ1n) is 0.899. The van der Waals surface area contributed by atoms with Gasteiger partial charge in [0.15, 0.2) is 0 Å². The Labute approximate surface area is 40.1 Å². The Morgan fingerprint density at radius 2 is 1.50 bits per heavy atom. The van der Waals surface area contributed by atoms with E-state index in [9.17, 15) is 0 Å². The summed E-state index contributed by atoms with van der Waals surface area (Å²) in [5.41, 5.74) is 0. The number of rotatable bonds is 0. The second kappa shape index (κ2) is 2.45. The molecule has 4 heavy (non-hydrogen) atoms. The van der Waals surface area contributed by atoms with Crippen molar-refractivity contribution in [2.45, 2.75) is 0 Å². The molecule has 0 rings (SSSR count). The summed E-state index contributed by atoms with van der Waals surface area (Å²) >= 11 is 2.98. The molecule has 0 fully saturated rings. The van der Waals surface area contributed by atoms with Gasteiger partial charge in [-0.25, -0.2) is 0 Å². The first-order chi connectivity index (χ1) is 1.73. The fourth-order valence-electron chi connectivity index (χ4n) is 0. The van der Waals surface area contributed by atoms with Crippen LogP contribution in [0.3, 0.4) is 0 Å². The molecule has 0 aromatic carbocycles. The van der Waals surface area contributed by atoms with Gasteiger partial charge in [0.2, 0.25) is 0 Å². The molecular weight excluding hydrogens is 231 g/mol. The third-order valence-corrected chi connectivity index (χ3v) is 0. The van der Waals surface area contributed by atoms with E-state index in [0.717, 1.165) is 0 Å². The van der Waals surface area contributed by atoms with Crippen molar-refractivity contribution in [2.24, 2.45) is 0 Å². The molecule has 0 aliphatic rings. The first kappa shape index (κ1) is 5.21. The molecule has 0 unspecified atom stereocenters. The molecule has 0 radical (unpaired) electrons. The maximum atomic E-state index is 3.43. The van der Waals surface area contributed by atoms with Gasteiger partial charge in [-0.3, -0.25) is 0 Å². The van der Waals surface area contributed by atoms with Crippen molar-refractivity contribution in [3.63, 3.8) is 0 Å². The third kappa shape index (κ3) is 10.7. The minimum absolute atomic E-state index is 0.451. The Balaban J connectivity index is 2.32. The second-order valence-electron chi connectivity index (χ2n) is 0.664. The molecule has 0 aliphatic heterocycles. The van der Waals surface area contributed by atoms with Crippen molar-refractivity contribution in [1.29, 1.82) is 0 Å². The molecule has 0 saturated carbocycles. The van der Waals surface area contributed by atoms with Gasteiger partial charge < -0.3 is 0 Å². The van der Waals surface area contributed by atoms with Gasteiger partial charge >= 0.3 is 40.1 Å². The predicted molar refractivity (Wildman–Crippen MR) is 34.8 cm³/mol. The van der Waals surface area contributed by atoms with E-state index in [-0.39, 0.29) is 0 Å². The van der Waals surface area contributed by atoms with Crippen molar-refractivity contribution in [1.82, 2.24) is 0 Å². The van der Waals surface area contributed by atoms with Gasteiger partial charge in [-0.05, 0) is 0 Å². The summed E-state index contributed by atoms with van der Waals surface area (Å²) in [6.07, 6.45) is 0. The van der Waals surface area contributed by atoms with Gasteiger partial charge in [-0.2, -0.15) is 0 Å². The summed E-state index contributed by atoms with van der Waals surface area (Å²) in [6, 6.07) is 0. The van der Waals surface area contributed by atoms with Crippen LogP contribution in [0.5, 0.6) is 0 Å². The van der Waals surface area contributed by atoms with E-state index >= 15 is 0 Å². The van der Waals surface area contributed by atoms with E-state index in [1.807, 2.05) is 0 Å². The van der Waals surface area contributed by atoms with Crippen molar-refractivity contribution >= 4 is 30.3 Å². The van der Waals surface area contributed by atoms with Crippen molar-refractivity contribution in [2.75, 3.05) is 9.86 Å². The van der Waals surface area contributed by atoms with Gasteiger partial charge in [-0.15, -0.1) is 0 Å². The van der Waals surface area contributed by atoms with E-state index in [1.54, 1.807) is 0 Å². The summed E-state index contributed by atoms with van der Waals surface area (Å²) < 4.78 is 0. The number of hydrogen-bond acceptors (Lipinski definition) is 0. The molecule has 0 aromatic rings. The monoisotopic (exact) mass is 236 g/mol. The first-order valence-corrected chi connectivity index (χ1v) is 10.1. The predicted octanol–water partition coefficient (Wildman–Crippen LogP) is 2.06. The molecule has 0 saturated heterocycles. The molecule has 0 amide bonds. The van der Waals surface area contributed by atoms with Crippen LogP contribution in [-0.2, 0) is 0 Å². The summed E-state index contributed by atoms with van der Waals surface area (Å²) in [7, 11) is 0. The van der Waals surface area contributed by atoms with Gasteiger partial charge in [-0.1, -0.05) is 0 Å². The van der Waals surface area contributed by atoms with Gasteiger partial charge in [0.05, 0.1) is 0 Å². The molecule has 0 nitrogen and oxygen atoms in total. The summed E-state index contributed by atoms with van der Waals surface area (Å²) in [6.45, 7) is 0. The third-order valence-electron chi connectivity index (χ3n) is 0. The van der Waals surface area contributed by atoms with E-state index in [0.29, 0.717) is 0 Å². The quantitative estimate of drug-likeness (QED) is 0.446. The zero-order valence-electron chi connectivity index (χ0n) is 2.76. The summed E-state index contributed by atoms with van der Waals surface area (Å²) in [5, 5.41) is 0. The Morgan fingerprint density at radius 3 is 1.50 bits per heavy atom. The molecule has 0 atom stereocenters. The van der Waals surface area contributed by atoms with E-state index in [4.69, 9.17) is 0 Å². The van der Waals surface area contributed by atoms with E-state index in [2.05, 4.69) is 22.6 Å². The van der Waals surface area contributed by atoms with E-state index < -0.39 is 17.6 Å². The molecule has 0 aromatic heterocycles. The van der Waals surface area contributed by atoms with Crippen LogP contribution < -0.4 is 0 Å². The zero-order valence-corrected chi connectivity index (χ0v) is 6.50. The standard InChI is InChI=1S/C2H6BrI/c1-4(2)3/h1-2H3. The SMILES string of the molecule is CI(C)Br. The molecule has 0 bridgehead atoms. The van der Waals surface area contributed by atoms with Crippen LogP contribution >= 0.6 is 30.3 Å². The average Bonchev–Trinajstić information content (AvgIpc) is 0.811. The second-order valence-corrected chi connectivity index (χ2v) is 12.5. The van der Waals surface area contributed by atoms with Gasteiger partial charge in [0.25, 0.3) is 0 Å². The molecule has 0 N–H and O–H groups in total. The fourth-order valence-corrected chi connectivity index (χ4v) is 0. The van der Waals surface area contributed by atoms with Crippen LogP contribution in [0.1, 0.15) is 0 Å². The van der Waals surface area contributed by atoms with E-state index in [1.165, 1.54) is 0 Å². The molecular formula is C2H6BrI.